The van der Waals surface area contributed by atoms with E-state index in [1.54, 1.807) is 0 Å². The lowest BCUT2D eigenvalue weighted by molar-refractivity contribution is 1.02. The minimum Gasteiger partial charge on any atom is -0.309 e. The lowest BCUT2D eigenvalue weighted by Crippen LogP contribution is -2.04. The highest BCUT2D eigenvalue weighted by molar-refractivity contribution is 6.38. The highest BCUT2D eigenvalue weighted by Crippen LogP contribution is 2.46. The first-order valence-corrected chi connectivity index (χ1v) is 21.3. The Kier molecular flexibility index (Phi) is 6.80. The summed E-state index contributed by atoms with van der Waals surface area (Å²) in [7, 11) is 0. The van der Waals surface area contributed by atoms with Gasteiger partial charge < -0.3 is 4.57 Å². The van der Waals surface area contributed by atoms with Crippen molar-refractivity contribution in [1.29, 1.82) is 0 Å². The zero-order chi connectivity index (χ0) is 40.5. The molecule has 0 aliphatic carbocycles. The smallest absolute Gasteiger partial charge is 0.235 e. The molecule has 4 heteroatoms. The first-order chi connectivity index (χ1) is 30.8. The van der Waals surface area contributed by atoms with Gasteiger partial charge in [-0.15, -0.1) is 0 Å². The first-order valence-electron chi connectivity index (χ1n) is 21.3. The van der Waals surface area contributed by atoms with Gasteiger partial charge in [0.1, 0.15) is 0 Å². The largest absolute Gasteiger partial charge is 0.309 e. The fourth-order valence-corrected chi connectivity index (χ4v) is 10.7. The van der Waals surface area contributed by atoms with Crippen LogP contribution in [0.3, 0.4) is 0 Å². The maximum Gasteiger partial charge on any atom is 0.235 e. The fraction of sp³-hybridized carbons (Fsp3) is 0. The molecule has 0 bridgehead atoms. The molecule has 4 nitrogen and oxygen atoms in total. The van der Waals surface area contributed by atoms with Gasteiger partial charge in [0.15, 0.2) is 0 Å². The molecule has 0 fully saturated rings. The number of benzene rings is 11. The molecule has 3 aromatic heterocycles. The van der Waals surface area contributed by atoms with Crippen molar-refractivity contribution in [3.8, 4) is 22.9 Å². The van der Waals surface area contributed by atoms with E-state index in [4.69, 9.17) is 9.97 Å². The van der Waals surface area contributed by atoms with Crippen LogP contribution in [0.5, 0.6) is 0 Å². The molecular formula is C58H34N4. The summed E-state index contributed by atoms with van der Waals surface area (Å²) in [6.07, 6.45) is 0. The molecule has 0 N–H and O–H groups in total. The third kappa shape index (κ3) is 4.50. The van der Waals surface area contributed by atoms with E-state index in [1.807, 2.05) is 0 Å². The van der Waals surface area contributed by atoms with Crippen LogP contribution in [0.15, 0.2) is 206 Å². The maximum atomic E-state index is 5.82. The number of rotatable bonds is 3. The van der Waals surface area contributed by atoms with Crippen molar-refractivity contribution in [2.24, 2.45) is 0 Å². The van der Waals surface area contributed by atoms with Crippen LogP contribution in [0.4, 0.5) is 0 Å². The molecule has 62 heavy (non-hydrogen) atoms. The normalized spacial score (nSPS) is 12.2. The molecule has 0 aliphatic rings. The molecule has 3 heterocycles. The predicted molar refractivity (Wildman–Crippen MR) is 261 cm³/mol. The summed E-state index contributed by atoms with van der Waals surface area (Å²) in [5.74, 6) is 0.645. The van der Waals surface area contributed by atoms with Crippen LogP contribution in [0, 0.1) is 0 Å². The van der Waals surface area contributed by atoms with Crippen molar-refractivity contribution in [3.05, 3.63) is 206 Å². The quantitative estimate of drug-likeness (QED) is 0.167. The third-order valence-corrected chi connectivity index (χ3v) is 13.3. The van der Waals surface area contributed by atoms with Crippen LogP contribution in [-0.4, -0.2) is 19.1 Å². The van der Waals surface area contributed by atoms with Crippen LogP contribution in [0.25, 0.3) is 131 Å². The average molecular weight is 787 g/mol. The van der Waals surface area contributed by atoms with Crippen LogP contribution >= 0.6 is 0 Å². The van der Waals surface area contributed by atoms with E-state index in [-0.39, 0.29) is 0 Å². The summed E-state index contributed by atoms with van der Waals surface area (Å²) in [5.41, 5.74) is 8.47. The number of hydrogen-bond acceptors (Lipinski definition) is 2. The van der Waals surface area contributed by atoms with E-state index in [2.05, 4.69) is 215 Å². The Labute approximate surface area is 355 Å². The van der Waals surface area contributed by atoms with E-state index < -0.39 is 0 Å². The fourth-order valence-electron chi connectivity index (χ4n) is 10.7. The van der Waals surface area contributed by atoms with Crippen molar-refractivity contribution < 1.29 is 0 Å². The van der Waals surface area contributed by atoms with Gasteiger partial charge >= 0.3 is 0 Å². The first kappa shape index (κ1) is 33.5. The molecule has 0 aliphatic heterocycles. The van der Waals surface area contributed by atoms with E-state index >= 15 is 0 Å². The molecule has 14 rings (SSSR count). The SMILES string of the molecule is c1ccc(-n2c3ccccc3c3c(-c4nc(-n5c6ccc7ccccc7c6c6c7c8ccccc8c8ccccc8c7ccc65)nc5ccc6ccccc6c45)cccc32)cc1. The summed E-state index contributed by atoms with van der Waals surface area (Å²) in [6.45, 7) is 0. The maximum absolute atomic E-state index is 5.82. The van der Waals surface area contributed by atoms with Crippen LogP contribution in [0.2, 0.25) is 0 Å². The second-order valence-corrected chi connectivity index (χ2v) is 16.4. The Morgan fingerprint density at radius 1 is 0.274 bits per heavy atom. The van der Waals surface area contributed by atoms with Crippen molar-refractivity contribution in [2.75, 3.05) is 0 Å². The molecule has 0 amide bonds. The number of aromatic nitrogens is 4. The Morgan fingerprint density at radius 2 is 0.806 bits per heavy atom. The van der Waals surface area contributed by atoms with Crippen molar-refractivity contribution >= 4 is 108 Å². The molecule has 0 radical (unpaired) electrons. The van der Waals surface area contributed by atoms with Gasteiger partial charge in [0.05, 0.1) is 33.3 Å². The van der Waals surface area contributed by atoms with Crippen LogP contribution in [-0.2, 0) is 0 Å². The highest BCUT2D eigenvalue weighted by atomic mass is 15.2. The molecule has 0 spiro atoms. The molecule has 11 aromatic carbocycles. The lowest BCUT2D eigenvalue weighted by Gasteiger charge is -2.15. The molecule has 0 unspecified atom stereocenters. The van der Waals surface area contributed by atoms with E-state index in [9.17, 15) is 0 Å². The monoisotopic (exact) mass is 786 g/mol. The number of fused-ring (bicyclic) bond motifs is 18. The second kappa shape index (κ2) is 12.6. The van der Waals surface area contributed by atoms with Gasteiger partial charge in [0.2, 0.25) is 5.95 Å². The summed E-state index contributed by atoms with van der Waals surface area (Å²) in [6, 6.07) is 74.8. The Morgan fingerprint density at radius 3 is 1.56 bits per heavy atom. The van der Waals surface area contributed by atoms with Crippen molar-refractivity contribution in [3.63, 3.8) is 0 Å². The standard InChI is InChI=1S/C58H34N4/c1-2-17-37(18-3-1)61-48-27-13-12-25-45(48)52-46(26-14-28-49(52)61)57-54-38-19-6-4-15-35(38)29-32-47(54)59-58(60-57)62-50-33-30-36-16-5-7-20-39(36)55(50)56-51(62)34-31-44-42-23-9-8-21-40(42)41-22-10-11-24-43(41)53(44)56/h1-34H. The molecule has 14 aromatic rings. The van der Waals surface area contributed by atoms with Gasteiger partial charge in [-0.25, -0.2) is 9.97 Å². The zero-order valence-electron chi connectivity index (χ0n) is 33.4. The highest BCUT2D eigenvalue weighted by Gasteiger charge is 2.25. The molecule has 0 atom stereocenters. The van der Waals surface area contributed by atoms with Gasteiger partial charge in [-0.3, -0.25) is 4.57 Å². The van der Waals surface area contributed by atoms with Gasteiger partial charge in [0, 0.05) is 43.6 Å². The average Bonchev–Trinajstić information content (AvgIpc) is 3.87. The van der Waals surface area contributed by atoms with Gasteiger partial charge in [-0.2, -0.15) is 0 Å². The molecule has 286 valence electrons. The van der Waals surface area contributed by atoms with Crippen LogP contribution < -0.4 is 0 Å². The zero-order valence-corrected chi connectivity index (χ0v) is 33.4. The summed E-state index contributed by atoms with van der Waals surface area (Å²) >= 11 is 0. The van der Waals surface area contributed by atoms with E-state index in [0.29, 0.717) is 5.95 Å². The predicted octanol–water partition coefficient (Wildman–Crippen LogP) is 15.3. The van der Waals surface area contributed by atoms with E-state index in [1.165, 1.54) is 64.6 Å². The van der Waals surface area contributed by atoms with E-state index in [0.717, 1.165) is 60.7 Å². The molecule has 0 saturated heterocycles. The van der Waals surface area contributed by atoms with Crippen molar-refractivity contribution in [1.82, 2.24) is 19.1 Å². The number of nitrogens with zero attached hydrogens (tertiary/aromatic N) is 4. The summed E-state index contributed by atoms with van der Waals surface area (Å²) in [4.78, 5) is 11.4. The molecular weight excluding hydrogens is 753 g/mol. The minimum atomic E-state index is 0.645. The Bertz CT molecular complexity index is 4180. The summed E-state index contributed by atoms with van der Waals surface area (Å²) < 4.78 is 4.71. The number of para-hydroxylation sites is 2. The Hall–Kier alpha value is -8.34. The number of hydrogen-bond donors (Lipinski definition) is 0. The summed E-state index contributed by atoms with van der Waals surface area (Å²) in [5, 5.41) is 18.0. The van der Waals surface area contributed by atoms with Gasteiger partial charge in [0.25, 0.3) is 0 Å². The Balaban J connectivity index is 1.17. The topological polar surface area (TPSA) is 35.6 Å². The molecule has 0 saturated carbocycles. The minimum absolute atomic E-state index is 0.645. The lowest BCUT2D eigenvalue weighted by atomic mass is 9.91. The van der Waals surface area contributed by atoms with Gasteiger partial charge in [-0.05, 0) is 90.9 Å². The van der Waals surface area contributed by atoms with Gasteiger partial charge in [-0.1, -0.05) is 164 Å². The second-order valence-electron chi connectivity index (χ2n) is 16.4. The van der Waals surface area contributed by atoms with Crippen LogP contribution in [0.1, 0.15) is 0 Å². The van der Waals surface area contributed by atoms with Crippen molar-refractivity contribution in [2.45, 2.75) is 0 Å². The third-order valence-electron chi connectivity index (χ3n) is 13.3.